The largest absolute Gasteiger partial charge is 0.481 e. The van der Waals surface area contributed by atoms with Gasteiger partial charge in [0.2, 0.25) is 0 Å². The number of unbranched alkanes of at least 4 members (excludes halogenated alkanes) is 1. The molecule has 0 saturated carbocycles. The Kier molecular flexibility index (Phi) is 17.8. The van der Waals surface area contributed by atoms with Crippen molar-refractivity contribution in [3.05, 3.63) is 0 Å². The van der Waals surface area contributed by atoms with Crippen LogP contribution in [0.15, 0.2) is 0 Å². The number of hydrogen-bond donors (Lipinski definition) is 1. The Hall–Kier alpha value is -1.01. The first-order chi connectivity index (χ1) is 15.1. The summed E-state index contributed by atoms with van der Waals surface area (Å²) < 4.78 is 25.9. The van der Waals surface area contributed by atoms with Gasteiger partial charge < -0.3 is 28.8 Å². The van der Waals surface area contributed by atoms with E-state index in [9.17, 15) is 14.4 Å². The van der Waals surface area contributed by atoms with Crippen LogP contribution in [0.5, 0.6) is 0 Å². The number of ether oxygens (including phenoxy) is 5. The monoisotopic (exact) mass is 482 g/mol. The second-order valence-corrected chi connectivity index (χ2v) is 9.53. The van der Waals surface area contributed by atoms with E-state index in [1.54, 1.807) is 0 Å². The summed E-state index contributed by atoms with van der Waals surface area (Å²) in [6, 6.07) is 0. The van der Waals surface area contributed by atoms with Gasteiger partial charge in [-0.25, -0.2) is 0 Å². The molecule has 0 aliphatic carbocycles. The Bertz CT molecular complexity index is 499. The van der Waals surface area contributed by atoms with E-state index in [0.717, 1.165) is 18.1 Å². The van der Waals surface area contributed by atoms with E-state index >= 15 is 0 Å². The van der Waals surface area contributed by atoms with Crippen molar-refractivity contribution in [3.63, 3.8) is 0 Å². The van der Waals surface area contributed by atoms with Gasteiger partial charge in [-0.2, -0.15) is 0 Å². The summed E-state index contributed by atoms with van der Waals surface area (Å²) in [4.78, 5) is 33.1. The Morgan fingerprint density at radius 1 is 0.742 bits per heavy atom. The molecular formula is C20H34O9S2. The molecule has 1 atom stereocenters. The molecule has 1 aliphatic rings. The smallest absolute Gasteiger partial charge is 0.306 e. The van der Waals surface area contributed by atoms with Crippen LogP contribution in [0.1, 0.15) is 44.9 Å². The van der Waals surface area contributed by atoms with E-state index in [1.165, 1.54) is 18.6 Å². The molecule has 1 heterocycles. The van der Waals surface area contributed by atoms with Gasteiger partial charge >= 0.3 is 17.9 Å². The van der Waals surface area contributed by atoms with E-state index in [1.807, 2.05) is 21.6 Å². The first-order valence-corrected chi connectivity index (χ1v) is 13.0. The minimum Gasteiger partial charge on any atom is -0.481 e. The van der Waals surface area contributed by atoms with Crippen molar-refractivity contribution in [2.75, 3.05) is 58.6 Å². The van der Waals surface area contributed by atoms with E-state index in [-0.39, 0.29) is 38.6 Å². The fourth-order valence-corrected chi connectivity index (χ4v) is 5.56. The van der Waals surface area contributed by atoms with Gasteiger partial charge in [-0.1, -0.05) is 28.0 Å². The van der Waals surface area contributed by atoms with Crippen molar-refractivity contribution in [3.8, 4) is 0 Å². The molecular weight excluding hydrogens is 448 g/mol. The minimum atomic E-state index is -1.03. The molecule has 180 valence electrons. The summed E-state index contributed by atoms with van der Waals surface area (Å²) in [7, 11) is 3.91. The van der Waals surface area contributed by atoms with Gasteiger partial charge in [-0.05, 0) is 19.3 Å². The Morgan fingerprint density at radius 3 is 1.81 bits per heavy atom. The van der Waals surface area contributed by atoms with E-state index in [2.05, 4.69) is 0 Å². The third kappa shape index (κ3) is 18.3. The van der Waals surface area contributed by atoms with Crippen LogP contribution >= 0.6 is 21.6 Å². The molecule has 9 nitrogen and oxygen atoms in total. The Labute approximate surface area is 191 Å². The molecule has 1 rings (SSSR count). The molecule has 0 radical (unpaired) electrons. The van der Waals surface area contributed by atoms with Gasteiger partial charge in [-0.15, -0.1) is 0 Å². The Balaban J connectivity index is 1.74. The molecule has 0 aromatic rings. The summed E-state index contributed by atoms with van der Waals surface area (Å²) in [5.74, 6) is -0.511. The topological polar surface area (TPSA) is 118 Å². The molecule has 0 aromatic carbocycles. The standard InChI is InChI=1S/C20H34O9S2/c21-18(22)5-6-20(24)29-15-13-27-11-9-25-8-10-26-12-14-28-19(23)4-2-1-3-17-7-16-30-31-17/h17H,1-16H2,(H,21,22). The summed E-state index contributed by atoms with van der Waals surface area (Å²) in [5, 5.41) is 9.20. The van der Waals surface area contributed by atoms with Crippen LogP contribution in [0.3, 0.4) is 0 Å². The van der Waals surface area contributed by atoms with Crippen molar-refractivity contribution in [1.29, 1.82) is 0 Å². The maximum Gasteiger partial charge on any atom is 0.306 e. The SMILES string of the molecule is O=C(O)CCC(=O)OCCOCCOCCOCCOC(=O)CCCCC1CCSS1. The molecule has 1 saturated heterocycles. The predicted octanol–water partition coefficient (Wildman–Crippen LogP) is 2.70. The molecule has 31 heavy (non-hydrogen) atoms. The summed E-state index contributed by atoms with van der Waals surface area (Å²) >= 11 is 0. The number of esters is 2. The first kappa shape index (κ1) is 28.0. The lowest BCUT2D eigenvalue weighted by molar-refractivity contribution is -0.149. The van der Waals surface area contributed by atoms with Gasteiger partial charge in [0.1, 0.15) is 13.2 Å². The highest BCUT2D eigenvalue weighted by Crippen LogP contribution is 2.39. The van der Waals surface area contributed by atoms with Gasteiger partial charge in [0.25, 0.3) is 0 Å². The molecule has 1 aliphatic heterocycles. The minimum absolute atomic E-state index is 0.0824. The van der Waals surface area contributed by atoms with Crippen LogP contribution in [-0.4, -0.2) is 86.9 Å². The molecule has 0 amide bonds. The zero-order valence-corrected chi connectivity index (χ0v) is 19.6. The number of rotatable bonds is 20. The lowest BCUT2D eigenvalue weighted by Crippen LogP contribution is -2.15. The van der Waals surface area contributed by atoms with Gasteiger partial charge in [0, 0.05) is 17.4 Å². The summed E-state index contributed by atoms with van der Waals surface area (Å²) in [6.45, 7) is 2.43. The summed E-state index contributed by atoms with van der Waals surface area (Å²) in [6.07, 6.45) is 4.50. The molecule has 0 spiro atoms. The average molecular weight is 483 g/mol. The maximum absolute atomic E-state index is 11.6. The molecule has 0 aromatic heterocycles. The van der Waals surface area contributed by atoms with E-state index in [4.69, 9.17) is 28.8 Å². The van der Waals surface area contributed by atoms with Crippen LogP contribution in [0.25, 0.3) is 0 Å². The Morgan fingerprint density at radius 2 is 1.29 bits per heavy atom. The van der Waals surface area contributed by atoms with Crippen LogP contribution < -0.4 is 0 Å². The van der Waals surface area contributed by atoms with Crippen molar-refractivity contribution >= 4 is 39.5 Å². The highest BCUT2D eigenvalue weighted by atomic mass is 33.1. The maximum atomic E-state index is 11.6. The first-order valence-electron chi connectivity index (χ1n) is 10.6. The van der Waals surface area contributed by atoms with Crippen LogP contribution in [0, 0.1) is 0 Å². The van der Waals surface area contributed by atoms with Crippen molar-refractivity contribution in [2.24, 2.45) is 0 Å². The van der Waals surface area contributed by atoms with Crippen molar-refractivity contribution in [2.45, 2.75) is 50.2 Å². The van der Waals surface area contributed by atoms with Gasteiger partial charge in [-0.3, -0.25) is 14.4 Å². The van der Waals surface area contributed by atoms with Crippen LogP contribution in [-0.2, 0) is 38.1 Å². The van der Waals surface area contributed by atoms with Gasteiger partial charge in [0.15, 0.2) is 0 Å². The predicted molar refractivity (Wildman–Crippen MR) is 118 cm³/mol. The van der Waals surface area contributed by atoms with Crippen LogP contribution in [0.4, 0.5) is 0 Å². The van der Waals surface area contributed by atoms with Crippen molar-refractivity contribution < 1.29 is 43.2 Å². The molecule has 1 unspecified atom stereocenters. The number of carbonyl (C=O) groups excluding carboxylic acids is 2. The molecule has 0 bridgehead atoms. The number of carbonyl (C=O) groups is 3. The lowest BCUT2D eigenvalue weighted by atomic mass is 10.1. The number of carboxylic acid groups (broad SMARTS) is 1. The van der Waals surface area contributed by atoms with Crippen molar-refractivity contribution in [1.82, 2.24) is 0 Å². The fraction of sp³-hybridized carbons (Fsp3) is 0.850. The van der Waals surface area contributed by atoms with Gasteiger partial charge in [0.05, 0.1) is 52.5 Å². The molecule has 1 fully saturated rings. The molecule has 11 heteroatoms. The van der Waals surface area contributed by atoms with Crippen LogP contribution in [0.2, 0.25) is 0 Å². The number of aliphatic carboxylic acids is 1. The zero-order valence-electron chi connectivity index (χ0n) is 17.9. The number of hydrogen-bond acceptors (Lipinski definition) is 10. The second-order valence-electron chi connectivity index (χ2n) is 6.75. The van der Waals surface area contributed by atoms with E-state index in [0.29, 0.717) is 39.5 Å². The van der Waals surface area contributed by atoms with E-state index < -0.39 is 11.9 Å². The third-order valence-corrected chi connectivity index (χ3v) is 7.16. The zero-order chi connectivity index (χ0) is 22.6. The number of carboxylic acids is 1. The average Bonchev–Trinajstić information content (AvgIpc) is 3.26. The third-order valence-electron chi connectivity index (χ3n) is 4.15. The normalized spacial score (nSPS) is 15.7. The highest BCUT2D eigenvalue weighted by Gasteiger charge is 2.15. The highest BCUT2D eigenvalue weighted by molar-refractivity contribution is 8.77. The summed E-state index contributed by atoms with van der Waals surface area (Å²) in [5.41, 5.74) is 0. The fourth-order valence-electron chi connectivity index (χ4n) is 2.53. The second kappa shape index (κ2) is 19.7. The lowest BCUT2D eigenvalue weighted by Gasteiger charge is -2.08. The molecule has 1 N–H and O–H groups in total. The quantitative estimate of drug-likeness (QED) is 0.157.